The smallest absolute Gasteiger partial charge is 0.343 e. The van der Waals surface area contributed by atoms with Crippen LogP contribution in [-0.4, -0.2) is 57.1 Å². The van der Waals surface area contributed by atoms with Crippen LogP contribution in [0.2, 0.25) is 0 Å². The minimum Gasteiger partial charge on any atom is -0.494 e. The van der Waals surface area contributed by atoms with Crippen molar-refractivity contribution in [2.24, 2.45) is 0 Å². The Kier molecular flexibility index (Phi) is 17.3. The average Bonchev–Trinajstić information content (AvgIpc) is 3.80. The number of hydrogen-bond donors (Lipinski definition) is 0. The highest BCUT2D eigenvalue weighted by Crippen LogP contribution is 2.47. The van der Waals surface area contributed by atoms with Gasteiger partial charge in [0.05, 0.1) is 37.6 Å². The van der Waals surface area contributed by atoms with Gasteiger partial charge in [0.25, 0.3) is 0 Å². The van der Waals surface area contributed by atoms with Gasteiger partial charge in [-0.25, -0.2) is 19.2 Å². The van der Waals surface area contributed by atoms with E-state index in [1.165, 1.54) is 0 Å². The summed E-state index contributed by atoms with van der Waals surface area (Å²) >= 11 is 0. The van der Waals surface area contributed by atoms with Crippen LogP contribution in [0.5, 0.6) is 34.5 Å². The molecule has 8 aromatic carbocycles. The molecule has 0 fully saturated rings. The zero-order valence-corrected chi connectivity index (χ0v) is 42.2. The molecule has 1 aliphatic heterocycles. The van der Waals surface area contributed by atoms with Crippen LogP contribution in [0.15, 0.2) is 183 Å². The van der Waals surface area contributed by atoms with Gasteiger partial charge in [-0.2, -0.15) is 0 Å². The molecule has 0 unspecified atom stereocenters. The first-order valence-electron chi connectivity index (χ1n) is 25.1. The lowest BCUT2D eigenvalue weighted by Crippen LogP contribution is -2.08. The Morgan fingerprint density at radius 1 is 0.416 bits per heavy atom. The van der Waals surface area contributed by atoms with Crippen LogP contribution in [0.25, 0.3) is 57.0 Å². The van der Waals surface area contributed by atoms with E-state index in [-0.39, 0.29) is 6.79 Å². The van der Waals surface area contributed by atoms with Gasteiger partial charge in [-0.05, 0) is 167 Å². The second kappa shape index (κ2) is 25.5. The van der Waals surface area contributed by atoms with Crippen LogP contribution in [0, 0.1) is 0 Å². The maximum absolute atomic E-state index is 12.9. The monoisotopic (exact) mass is 1030 g/mol. The van der Waals surface area contributed by atoms with E-state index >= 15 is 0 Å². The SMILES string of the molecule is C=CC(=O)OCCCCOc1ccc(C(=O)Oc2ccc(/C=C\c3ccc4c5c(ccc4c3)OCOc3ccc4cc(/C=C\c6ccc(OC(=O)c7ccc(OCCCCOC(=O)C=C)cc7)cc6)ccc4c3-5)cc2)cc1. The van der Waals surface area contributed by atoms with Gasteiger partial charge >= 0.3 is 23.9 Å². The summed E-state index contributed by atoms with van der Waals surface area (Å²) in [5.74, 6) is 1.75. The molecule has 77 heavy (non-hydrogen) atoms. The fourth-order valence-corrected chi connectivity index (χ4v) is 8.41. The number of ether oxygens (including phenoxy) is 8. The molecule has 0 radical (unpaired) electrons. The van der Waals surface area contributed by atoms with Crippen LogP contribution in [0.3, 0.4) is 0 Å². The molecule has 1 aliphatic rings. The van der Waals surface area contributed by atoms with Gasteiger partial charge in [0.15, 0.2) is 0 Å². The molecule has 0 saturated carbocycles. The molecule has 9 rings (SSSR count). The first kappa shape index (κ1) is 52.2. The van der Waals surface area contributed by atoms with Gasteiger partial charge < -0.3 is 37.9 Å². The summed E-state index contributed by atoms with van der Waals surface area (Å²) in [6.45, 7) is 8.35. The third-order valence-corrected chi connectivity index (χ3v) is 12.4. The lowest BCUT2D eigenvalue weighted by molar-refractivity contribution is -0.138. The van der Waals surface area contributed by atoms with Gasteiger partial charge in [-0.3, -0.25) is 0 Å². The van der Waals surface area contributed by atoms with Crippen molar-refractivity contribution in [3.8, 4) is 45.6 Å². The van der Waals surface area contributed by atoms with Gasteiger partial charge in [0.1, 0.15) is 34.5 Å². The summed E-state index contributed by atoms with van der Waals surface area (Å²) in [6, 6.07) is 49.0. The Morgan fingerprint density at radius 3 is 1.18 bits per heavy atom. The second-order valence-corrected chi connectivity index (χ2v) is 17.7. The van der Waals surface area contributed by atoms with Crippen LogP contribution in [0.4, 0.5) is 0 Å². The predicted octanol–water partition coefficient (Wildman–Crippen LogP) is 13.9. The Bertz CT molecular complexity index is 3250. The molecular weight excluding hydrogens is 973 g/mol. The molecule has 12 nitrogen and oxygen atoms in total. The first-order chi connectivity index (χ1) is 37.7. The zero-order valence-electron chi connectivity index (χ0n) is 42.2. The number of carbonyl (C=O) groups is 4. The van der Waals surface area contributed by atoms with Crippen molar-refractivity contribution in [3.05, 3.63) is 216 Å². The number of hydrogen-bond acceptors (Lipinski definition) is 12. The van der Waals surface area contributed by atoms with E-state index in [1.54, 1.807) is 72.8 Å². The lowest BCUT2D eigenvalue weighted by atomic mass is 9.91. The van der Waals surface area contributed by atoms with Crippen molar-refractivity contribution in [2.75, 3.05) is 33.2 Å². The summed E-state index contributed by atoms with van der Waals surface area (Å²) in [5.41, 5.74) is 6.62. The molecule has 0 spiro atoms. The van der Waals surface area contributed by atoms with E-state index in [9.17, 15) is 19.2 Å². The molecule has 0 aromatic heterocycles. The number of carbonyl (C=O) groups excluding carboxylic acids is 4. The maximum atomic E-state index is 12.9. The molecule has 0 amide bonds. The minimum atomic E-state index is -0.476. The van der Waals surface area contributed by atoms with Crippen molar-refractivity contribution in [3.63, 3.8) is 0 Å². The van der Waals surface area contributed by atoms with E-state index in [0.717, 1.165) is 78.6 Å². The Hall–Kier alpha value is -9.68. The topological polar surface area (TPSA) is 142 Å². The quantitative estimate of drug-likeness (QED) is 0.0210. The molecule has 1 heterocycles. The van der Waals surface area contributed by atoms with Gasteiger partial charge in [-0.15, -0.1) is 0 Å². The highest BCUT2D eigenvalue weighted by molar-refractivity contribution is 6.10. The van der Waals surface area contributed by atoms with Crippen molar-refractivity contribution in [1.82, 2.24) is 0 Å². The van der Waals surface area contributed by atoms with Crippen molar-refractivity contribution in [1.29, 1.82) is 0 Å². The van der Waals surface area contributed by atoms with Crippen LogP contribution >= 0.6 is 0 Å². The molecule has 8 aromatic rings. The molecule has 12 heteroatoms. The van der Waals surface area contributed by atoms with Crippen LogP contribution in [0.1, 0.15) is 68.7 Å². The van der Waals surface area contributed by atoms with E-state index in [0.29, 0.717) is 86.2 Å². The Morgan fingerprint density at radius 2 is 0.779 bits per heavy atom. The zero-order chi connectivity index (χ0) is 53.3. The summed E-state index contributed by atoms with van der Waals surface area (Å²) in [7, 11) is 0. The Labute approximate surface area is 446 Å². The molecule has 386 valence electrons. The van der Waals surface area contributed by atoms with Crippen molar-refractivity contribution >= 4 is 69.7 Å². The molecule has 0 bridgehead atoms. The third kappa shape index (κ3) is 13.9. The second-order valence-electron chi connectivity index (χ2n) is 17.7. The maximum Gasteiger partial charge on any atom is 0.343 e. The average molecular weight is 1030 g/mol. The first-order valence-corrected chi connectivity index (χ1v) is 25.1. The van der Waals surface area contributed by atoms with Crippen molar-refractivity contribution in [2.45, 2.75) is 25.7 Å². The number of rotatable bonds is 22. The Balaban J connectivity index is 0.799. The number of esters is 4. The van der Waals surface area contributed by atoms with Gasteiger partial charge in [0.2, 0.25) is 6.79 Å². The summed E-state index contributed by atoms with van der Waals surface area (Å²) in [6.07, 6.45) is 13.1. The van der Waals surface area contributed by atoms with E-state index in [2.05, 4.69) is 61.7 Å². The summed E-state index contributed by atoms with van der Waals surface area (Å²) < 4.78 is 45.0. The highest BCUT2D eigenvalue weighted by atomic mass is 16.7. The fraction of sp³-hybridized carbons (Fsp3) is 0.138. The minimum absolute atomic E-state index is 0.0856. The summed E-state index contributed by atoms with van der Waals surface area (Å²) in [4.78, 5) is 48.1. The van der Waals surface area contributed by atoms with E-state index in [1.807, 2.05) is 60.7 Å². The third-order valence-electron chi connectivity index (χ3n) is 12.4. The van der Waals surface area contributed by atoms with E-state index in [4.69, 9.17) is 37.9 Å². The normalized spacial score (nSPS) is 11.6. The van der Waals surface area contributed by atoms with E-state index < -0.39 is 23.9 Å². The van der Waals surface area contributed by atoms with Gasteiger partial charge in [-0.1, -0.05) is 98.1 Å². The number of benzene rings is 8. The molecule has 0 atom stereocenters. The van der Waals surface area contributed by atoms with Gasteiger partial charge in [0, 0.05) is 23.3 Å². The standard InChI is InChI=1S/C65H54O12/c1-3-60(66)72-39-7-5-37-70-52-29-19-48(20-30-52)64(68)76-54-25-13-44(14-26-54)9-11-46-17-33-56-50(41-46)23-35-58-62(56)63-57-34-18-47(42-51(57)24-36-59(63)75-43-74-58)12-10-45-15-27-55(28-16-45)77-65(69)49-21-31-53(32-22-49)71-38-6-8-40-73-61(67)4-2/h3-4,9-36,41-42H,1-2,5-8,37-40,43H2/b11-9-,12-10-. The van der Waals surface area contributed by atoms with Crippen molar-refractivity contribution < 1.29 is 57.1 Å². The van der Waals surface area contributed by atoms with Crippen LogP contribution < -0.4 is 28.4 Å². The van der Waals surface area contributed by atoms with Crippen LogP contribution in [-0.2, 0) is 19.1 Å². The largest absolute Gasteiger partial charge is 0.494 e. The molecule has 0 aliphatic carbocycles. The molecular formula is C65H54O12. The number of unbranched alkanes of at least 4 members (excludes halogenated alkanes) is 2. The molecule has 0 N–H and O–H groups in total. The predicted molar refractivity (Wildman–Crippen MR) is 298 cm³/mol. The lowest BCUT2D eigenvalue weighted by Gasteiger charge is -2.14. The fourth-order valence-electron chi connectivity index (χ4n) is 8.41. The number of fused-ring (bicyclic) bond motifs is 7. The molecule has 0 saturated heterocycles. The highest BCUT2D eigenvalue weighted by Gasteiger charge is 2.22. The summed E-state index contributed by atoms with van der Waals surface area (Å²) in [5, 5.41) is 4.15.